The van der Waals surface area contributed by atoms with Crippen LogP contribution in [-0.4, -0.2) is 31.6 Å². The SMILES string of the molecule is COC(CN)CC(=O)Nc1ccc2c(c1)CCC(=O)N2.Cl. The Kier molecular flexibility index (Phi) is 6.61. The van der Waals surface area contributed by atoms with Crippen molar-refractivity contribution in [1.82, 2.24) is 0 Å². The maximum Gasteiger partial charge on any atom is 0.227 e. The number of nitrogens with two attached hydrogens (primary N) is 1. The van der Waals surface area contributed by atoms with Gasteiger partial charge in [0.25, 0.3) is 0 Å². The molecule has 1 aromatic carbocycles. The highest BCUT2D eigenvalue weighted by Gasteiger charge is 2.16. The molecule has 1 unspecified atom stereocenters. The number of nitrogens with one attached hydrogen (secondary N) is 2. The Hall–Kier alpha value is -1.63. The lowest BCUT2D eigenvalue weighted by atomic mass is 10.0. The monoisotopic (exact) mass is 313 g/mol. The van der Waals surface area contributed by atoms with Crippen LogP contribution in [0.25, 0.3) is 0 Å². The molecule has 1 aliphatic heterocycles. The summed E-state index contributed by atoms with van der Waals surface area (Å²) in [7, 11) is 1.53. The Morgan fingerprint density at radius 3 is 2.90 bits per heavy atom. The highest BCUT2D eigenvalue weighted by atomic mass is 35.5. The van der Waals surface area contributed by atoms with E-state index in [0.29, 0.717) is 19.4 Å². The number of rotatable bonds is 5. The molecule has 116 valence electrons. The smallest absolute Gasteiger partial charge is 0.227 e. The van der Waals surface area contributed by atoms with Crippen LogP contribution in [0, 0.1) is 0 Å². The van der Waals surface area contributed by atoms with E-state index in [0.717, 1.165) is 16.9 Å². The number of halogens is 1. The zero-order valence-corrected chi connectivity index (χ0v) is 12.7. The van der Waals surface area contributed by atoms with Crippen molar-refractivity contribution in [2.75, 3.05) is 24.3 Å². The molecular weight excluding hydrogens is 294 g/mol. The number of benzene rings is 1. The summed E-state index contributed by atoms with van der Waals surface area (Å²) in [6.45, 7) is 0.306. The number of fused-ring (bicyclic) bond motifs is 1. The first kappa shape index (κ1) is 17.4. The van der Waals surface area contributed by atoms with Gasteiger partial charge in [-0.05, 0) is 30.2 Å². The third-order valence-corrected chi connectivity index (χ3v) is 3.29. The predicted octanol–water partition coefficient (Wildman–Crippen LogP) is 1.30. The molecule has 1 atom stereocenters. The summed E-state index contributed by atoms with van der Waals surface area (Å²) in [5.41, 5.74) is 8.05. The molecule has 4 N–H and O–H groups in total. The molecule has 6 nitrogen and oxygen atoms in total. The van der Waals surface area contributed by atoms with E-state index in [-0.39, 0.29) is 36.7 Å². The van der Waals surface area contributed by atoms with Gasteiger partial charge < -0.3 is 21.1 Å². The van der Waals surface area contributed by atoms with Crippen molar-refractivity contribution in [2.45, 2.75) is 25.4 Å². The fourth-order valence-electron chi connectivity index (χ4n) is 2.14. The number of hydrogen-bond acceptors (Lipinski definition) is 4. The first-order valence-electron chi connectivity index (χ1n) is 6.58. The molecule has 0 radical (unpaired) electrons. The van der Waals surface area contributed by atoms with E-state index in [1.807, 2.05) is 6.07 Å². The minimum atomic E-state index is -0.271. The maximum atomic E-state index is 11.8. The summed E-state index contributed by atoms with van der Waals surface area (Å²) >= 11 is 0. The molecule has 0 spiro atoms. The van der Waals surface area contributed by atoms with E-state index in [1.54, 1.807) is 12.1 Å². The molecule has 0 aromatic heterocycles. The molecule has 0 bridgehead atoms. The van der Waals surface area contributed by atoms with Crippen molar-refractivity contribution in [3.63, 3.8) is 0 Å². The molecule has 1 heterocycles. The van der Waals surface area contributed by atoms with Gasteiger partial charge in [-0.3, -0.25) is 9.59 Å². The van der Waals surface area contributed by atoms with E-state index in [2.05, 4.69) is 10.6 Å². The second kappa shape index (κ2) is 7.97. The van der Waals surface area contributed by atoms with E-state index in [1.165, 1.54) is 7.11 Å². The molecular formula is C14H20ClN3O3. The molecule has 21 heavy (non-hydrogen) atoms. The number of aryl methyl sites for hydroxylation is 1. The van der Waals surface area contributed by atoms with Crippen LogP contribution in [-0.2, 0) is 20.7 Å². The van der Waals surface area contributed by atoms with Gasteiger partial charge in [0.15, 0.2) is 0 Å². The van der Waals surface area contributed by atoms with Crippen LogP contribution in [0.2, 0.25) is 0 Å². The highest BCUT2D eigenvalue weighted by Crippen LogP contribution is 2.25. The standard InChI is InChI=1S/C14H19N3O3.ClH/c1-20-11(8-15)7-14(19)16-10-3-4-12-9(6-10)2-5-13(18)17-12;/h3-4,6,11H,2,5,7-8,15H2,1H3,(H,16,19)(H,17,18);1H. The van der Waals surface area contributed by atoms with Crippen LogP contribution >= 0.6 is 12.4 Å². The first-order valence-corrected chi connectivity index (χ1v) is 6.58. The second-order valence-electron chi connectivity index (χ2n) is 4.77. The Morgan fingerprint density at radius 2 is 2.24 bits per heavy atom. The summed E-state index contributed by atoms with van der Waals surface area (Å²) in [6.07, 6.45) is 1.12. The molecule has 0 saturated heterocycles. The molecule has 1 aromatic rings. The highest BCUT2D eigenvalue weighted by molar-refractivity contribution is 5.95. The van der Waals surface area contributed by atoms with Gasteiger partial charge in [0.1, 0.15) is 0 Å². The van der Waals surface area contributed by atoms with Crippen molar-refractivity contribution in [2.24, 2.45) is 5.73 Å². The zero-order chi connectivity index (χ0) is 14.5. The van der Waals surface area contributed by atoms with Gasteiger partial charge in [0, 0.05) is 31.5 Å². The van der Waals surface area contributed by atoms with Crippen molar-refractivity contribution < 1.29 is 14.3 Å². The molecule has 0 saturated carbocycles. The minimum absolute atomic E-state index is 0. The van der Waals surface area contributed by atoms with Crippen LogP contribution in [0.5, 0.6) is 0 Å². The number of carbonyl (C=O) groups excluding carboxylic acids is 2. The lowest BCUT2D eigenvalue weighted by molar-refractivity contribution is -0.118. The zero-order valence-electron chi connectivity index (χ0n) is 11.8. The average molecular weight is 314 g/mol. The summed E-state index contributed by atoms with van der Waals surface area (Å²) in [5.74, 6) is -0.109. The molecule has 0 aliphatic carbocycles. The summed E-state index contributed by atoms with van der Waals surface area (Å²) in [6, 6.07) is 5.46. The molecule has 1 aliphatic rings. The van der Waals surface area contributed by atoms with Gasteiger partial charge in [0.05, 0.1) is 12.5 Å². The largest absolute Gasteiger partial charge is 0.380 e. The number of amides is 2. The Balaban J connectivity index is 0.00000220. The van der Waals surface area contributed by atoms with Crippen molar-refractivity contribution in [3.05, 3.63) is 23.8 Å². The predicted molar refractivity (Wildman–Crippen MR) is 83.7 cm³/mol. The van der Waals surface area contributed by atoms with Gasteiger partial charge in [0.2, 0.25) is 11.8 Å². The van der Waals surface area contributed by atoms with Gasteiger partial charge >= 0.3 is 0 Å². The quantitative estimate of drug-likeness (QED) is 0.763. The summed E-state index contributed by atoms with van der Waals surface area (Å²) in [5, 5.41) is 5.62. The van der Waals surface area contributed by atoms with Crippen LogP contribution in [0.4, 0.5) is 11.4 Å². The average Bonchev–Trinajstić information content (AvgIpc) is 2.45. The summed E-state index contributed by atoms with van der Waals surface area (Å²) in [4.78, 5) is 23.1. The van der Waals surface area contributed by atoms with E-state index in [9.17, 15) is 9.59 Å². The fraction of sp³-hybridized carbons (Fsp3) is 0.429. The Labute approximate surface area is 129 Å². The summed E-state index contributed by atoms with van der Waals surface area (Å²) < 4.78 is 5.08. The number of carbonyl (C=O) groups is 2. The molecule has 2 rings (SSSR count). The Bertz CT molecular complexity index is 518. The van der Waals surface area contributed by atoms with Gasteiger partial charge in [-0.15, -0.1) is 12.4 Å². The topological polar surface area (TPSA) is 93.4 Å². The van der Waals surface area contributed by atoms with E-state index >= 15 is 0 Å². The number of hydrogen-bond donors (Lipinski definition) is 3. The van der Waals surface area contributed by atoms with E-state index in [4.69, 9.17) is 10.5 Å². The van der Waals surface area contributed by atoms with Crippen molar-refractivity contribution >= 4 is 35.6 Å². The number of methoxy groups -OCH3 is 1. The normalized spacial score (nSPS) is 14.5. The number of ether oxygens (including phenoxy) is 1. The van der Waals surface area contributed by atoms with Gasteiger partial charge in [-0.2, -0.15) is 0 Å². The molecule has 0 fully saturated rings. The van der Waals surface area contributed by atoms with Crippen LogP contribution in [0.1, 0.15) is 18.4 Å². The Morgan fingerprint density at radius 1 is 1.48 bits per heavy atom. The van der Waals surface area contributed by atoms with Crippen LogP contribution in [0.15, 0.2) is 18.2 Å². The lowest BCUT2D eigenvalue weighted by Crippen LogP contribution is -2.28. The van der Waals surface area contributed by atoms with E-state index < -0.39 is 0 Å². The fourth-order valence-corrected chi connectivity index (χ4v) is 2.14. The second-order valence-corrected chi connectivity index (χ2v) is 4.77. The molecule has 2 amide bonds. The lowest BCUT2D eigenvalue weighted by Gasteiger charge is -2.18. The molecule has 7 heteroatoms. The van der Waals surface area contributed by atoms with Crippen LogP contribution < -0.4 is 16.4 Å². The number of anilines is 2. The maximum absolute atomic E-state index is 11.8. The first-order chi connectivity index (χ1) is 9.62. The van der Waals surface area contributed by atoms with Gasteiger partial charge in [-0.1, -0.05) is 0 Å². The van der Waals surface area contributed by atoms with Gasteiger partial charge in [-0.25, -0.2) is 0 Å². The third-order valence-electron chi connectivity index (χ3n) is 3.29. The van der Waals surface area contributed by atoms with Crippen LogP contribution in [0.3, 0.4) is 0 Å². The minimum Gasteiger partial charge on any atom is -0.380 e. The third kappa shape index (κ3) is 4.70. The van der Waals surface area contributed by atoms with Crippen molar-refractivity contribution in [3.8, 4) is 0 Å². The van der Waals surface area contributed by atoms with Crippen molar-refractivity contribution in [1.29, 1.82) is 0 Å².